The number of esters is 1. The van der Waals surface area contributed by atoms with Gasteiger partial charge >= 0.3 is 5.97 Å². The van der Waals surface area contributed by atoms with Crippen LogP contribution in [0.4, 0.5) is 0 Å². The van der Waals surface area contributed by atoms with Gasteiger partial charge < -0.3 is 9.47 Å². The molecule has 0 bridgehead atoms. The summed E-state index contributed by atoms with van der Waals surface area (Å²) in [5.74, 6) is 0.195. The molecule has 68 valence electrons. The molecule has 3 heteroatoms. The average Bonchev–Trinajstić information content (AvgIpc) is 2.55. The van der Waals surface area contributed by atoms with Gasteiger partial charge in [0.1, 0.15) is 0 Å². The van der Waals surface area contributed by atoms with E-state index >= 15 is 0 Å². The molecule has 0 radical (unpaired) electrons. The molecule has 0 unspecified atom stereocenters. The third kappa shape index (κ3) is 2.26. The topological polar surface area (TPSA) is 35.5 Å². The van der Waals surface area contributed by atoms with Gasteiger partial charge in [0.05, 0.1) is 25.9 Å². The maximum Gasteiger partial charge on any atom is 0.308 e. The minimum atomic E-state index is -0.143. The van der Waals surface area contributed by atoms with Crippen molar-refractivity contribution in [3.05, 3.63) is 12.3 Å². The molecule has 1 rings (SSSR count). The Morgan fingerprint density at radius 1 is 1.83 bits per heavy atom. The van der Waals surface area contributed by atoms with Crippen LogP contribution in [0, 0.1) is 11.8 Å². The highest BCUT2D eigenvalue weighted by Gasteiger charge is 2.19. The summed E-state index contributed by atoms with van der Waals surface area (Å²) in [6, 6.07) is 0. The van der Waals surface area contributed by atoms with Gasteiger partial charge in [-0.15, -0.1) is 0 Å². The first-order valence-electron chi connectivity index (χ1n) is 4.10. The largest absolute Gasteiger partial charge is 0.501 e. The van der Waals surface area contributed by atoms with E-state index in [0.717, 1.165) is 6.42 Å². The molecule has 0 aromatic heterocycles. The predicted octanol–water partition coefficient (Wildman–Crippen LogP) is 1.35. The van der Waals surface area contributed by atoms with Crippen molar-refractivity contribution in [2.24, 2.45) is 11.8 Å². The van der Waals surface area contributed by atoms with Crippen LogP contribution in [-0.2, 0) is 14.3 Å². The van der Waals surface area contributed by atoms with Crippen LogP contribution in [0.5, 0.6) is 0 Å². The van der Waals surface area contributed by atoms with Crippen LogP contribution in [0.2, 0.25) is 0 Å². The van der Waals surface area contributed by atoms with Crippen LogP contribution < -0.4 is 0 Å². The molecule has 0 aromatic carbocycles. The van der Waals surface area contributed by atoms with E-state index in [1.165, 1.54) is 7.11 Å². The highest BCUT2D eigenvalue weighted by atomic mass is 16.5. The number of ether oxygens (including phenoxy) is 2. The fourth-order valence-electron chi connectivity index (χ4n) is 1.30. The van der Waals surface area contributed by atoms with E-state index < -0.39 is 0 Å². The fraction of sp³-hybridized carbons (Fsp3) is 0.667. The lowest BCUT2D eigenvalue weighted by atomic mass is 9.97. The molecule has 0 aliphatic carbocycles. The lowest BCUT2D eigenvalue weighted by molar-refractivity contribution is -0.145. The number of methoxy groups -OCH3 is 1. The van der Waals surface area contributed by atoms with E-state index in [-0.39, 0.29) is 11.9 Å². The maximum atomic E-state index is 11.0. The van der Waals surface area contributed by atoms with Gasteiger partial charge in [0.25, 0.3) is 0 Å². The Labute approximate surface area is 72.4 Å². The van der Waals surface area contributed by atoms with E-state index in [2.05, 4.69) is 4.74 Å². The molecule has 1 heterocycles. The van der Waals surface area contributed by atoms with Crippen molar-refractivity contribution < 1.29 is 14.3 Å². The van der Waals surface area contributed by atoms with Crippen molar-refractivity contribution in [2.75, 3.05) is 13.7 Å². The molecule has 1 aliphatic rings. The van der Waals surface area contributed by atoms with Crippen LogP contribution >= 0.6 is 0 Å². The lowest BCUT2D eigenvalue weighted by Gasteiger charge is -2.11. The smallest absolute Gasteiger partial charge is 0.308 e. The minimum absolute atomic E-state index is 0.0358. The summed E-state index contributed by atoms with van der Waals surface area (Å²) in [7, 11) is 1.42. The number of hydrogen-bond acceptors (Lipinski definition) is 3. The predicted molar refractivity (Wildman–Crippen MR) is 44.4 cm³/mol. The van der Waals surface area contributed by atoms with Crippen LogP contribution in [0.15, 0.2) is 12.3 Å². The van der Waals surface area contributed by atoms with Gasteiger partial charge in [0.2, 0.25) is 0 Å². The molecule has 2 atom stereocenters. The molecule has 0 spiro atoms. The monoisotopic (exact) mass is 170 g/mol. The summed E-state index contributed by atoms with van der Waals surface area (Å²) in [6.07, 6.45) is 4.48. The zero-order valence-electron chi connectivity index (χ0n) is 7.45. The van der Waals surface area contributed by atoms with Crippen LogP contribution in [0.3, 0.4) is 0 Å². The Kier molecular flexibility index (Phi) is 3.14. The highest BCUT2D eigenvalue weighted by Crippen LogP contribution is 2.18. The van der Waals surface area contributed by atoms with Crippen LogP contribution in [-0.4, -0.2) is 19.7 Å². The second-order valence-corrected chi connectivity index (χ2v) is 3.08. The van der Waals surface area contributed by atoms with Gasteiger partial charge in [-0.05, 0) is 12.5 Å². The first-order chi connectivity index (χ1) is 5.74. The normalized spacial score (nSPS) is 23.3. The van der Waals surface area contributed by atoms with E-state index in [1.807, 2.05) is 13.0 Å². The third-order valence-electron chi connectivity index (χ3n) is 2.02. The molecule has 0 saturated carbocycles. The van der Waals surface area contributed by atoms with E-state index in [0.29, 0.717) is 12.5 Å². The summed E-state index contributed by atoms with van der Waals surface area (Å²) >= 11 is 0. The Bertz CT molecular complexity index is 186. The molecule has 1 aliphatic heterocycles. The molecule has 0 N–H and O–H groups in total. The van der Waals surface area contributed by atoms with Crippen molar-refractivity contribution in [2.45, 2.75) is 13.3 Å². The standard InChI is InChI=1S/C9H14O3/c1-7(9(10)11-2)5-8-3-4-12-6-8/h3-4,7-8H,5-6H2,1-2H3/t7-,8-/m0/s1. The SMILES string of the molecule is COC(=O)[C@@H](C)C[C@@H]1C=COC1. The fourth-order valence-corrected chi connectivity index (χ4v) is 1.30. The second kappa shape index (κ2) is 4.14. The number of carbonyl (C=O) groups is 1. The summed E-state index contributed by atoms with van der Waals surface area (Å²) in [4.78, 5) is 11.0. The summed E-state index contributed by atoms with van der Waals surface area (Å²) in [5.41, 5.74) is 0. The zero-order valence-corrected chi connectivity index (χ0v) is 7.45. The summed E-state index contributed by atoms with van der Waals surface area (Å²) in [6.45, 7) is 2.57. The van der Waals surface area contributed by atoms with E-state index in [9.17, 15) is 4.79 Å². The molecule has 0 amide bonds. The molecule has 0 aromatic rings. The van der Waals surface area contributed by atoms with Gasteiger partial charge in [0.15, 0.2) is 0 Å². The zero-order chi connectivity index (χ0) is 8.97. The van der Waals surface area contributed by atoms with Gasteiger partial charge in [-0.1, -0.05) is 6.92 Å². The average molecular weight is 170 g/mol. The van der Waals surface area contributed by atoms with Crippen molar-refractivity contribution in [3.63, 3.8) is 0 Å². The van der Waals surface area contributed by atoms with Gasteiger partial charge in [0, 0.05) is 5.92 Å². The van der Waals surface area contributed by atoms with E-state index in [4.69, 9.17) is 4.74 Å². The van der Waals surface area contributed by atoms with Gasteiger partial charge in [-0.3, -0.25) is 4.79 Å². The lowest BCUT2D eigenvalue weighted by Crippen LogP contribution is -2.16. The summed E-state index contributed by atoms with van der Waals surface area (Å²) < 4.78 is 9.66. The first kappa shape index (κ1) is 9.10. The van der Waals surface area contributed by atoms with Gasteiger partial charge in [-0.25, -0.2) is 0 Å². The quantitative estimate of drug-likeness (QED) is 0.600. The number of hydrogen-bond donors (Lipinski definition) is 0. The van der Waals surface area contributed by atoms with Crippen LogP contribution in [0.1, 0.15) is 13.3 Å². The molecule has 12 heavy (non-hydrogen) atoms. The van der Waals surface area contributed by atoms with Crippen molar-refractivity contribution in [1.82, 2.24) is 0 Å². The molecule has 0 saturated heterocycles. The maximum absolute atomic E-state index is 11.0. The molecular formula is C9H14O3. The number of rotatable bonds is 3. The highest BCUT2D eigenvalue weighted by molar-refractivity contribution is 5.71. The molecule has 0 fully saturated rings. The Morgan fingerprint density at radius 3 is 3.08 bits per heavy atom. The van der Waals surface area contributed by atoms with Crippen molar-refractivity contribution in [3.8, 4) is 0 Å². The molecular weight excluding hydrogens is 156 g/mol. The molecule has 3 nitrogen and oxygen atoms in total. The Balaban J connectivity index is 2.29. The van der Waals surface area contributed by atoms with Crippen molar-refractivity contribution in [1.29, 1.82) is 0 Å². The van der Waals surface area contributed by atoms with Crippen LogP contribution in [0.25, 0.3) is 0 Å². The number of carbonyl (C=O) groups excluding carboxylic acids is 1. The minimum Gasteiger partial charge on any atom is -0.501 e. The third-order valence-corrected chi connectivity index (χ3v) is 2.02. The Hall–Kier alpha value is -0.990. The first-order valence-corrected chi connectivity index (χ1v) is 4.10. The van der Waals surface area contributed by atoms with Crippen molar-refractivity contribution >= 4 is 5.97 Å². The van der Waals surface area contributed by atoms with E-state index in [1.54, 1.807) is 6.26 Å². The second-order valence-electron chi connectivity index (χ2n) is 3.08. The van der Waals surface area contributed by atoms with Gasteiger partial charge in [-0.2, -0.15) is 0 Å². The summed E-state index contributed by atoms with van der Waals surface area (Å²) in [5, 5.41) is 0. The Morgan fingerprint density at radius 2 is 2.58 bits per heavy atom.